The lowest BCUT2D eigenvalue weighted by atomic mass is 9.89. The topological polar surface area (TPSA) is 63.1 Å². The van der Waals surface area contributed by atoms with Crippen LogP contribution in [0, 0.1) is 11.8 Å². The zero-order chi connectivity index (χ0) is 14.7. The van der Waals surface area contributed by atoms with Crippen LogP contribution >= 0.6 is 0 Å². The van der Waals surface area contributed by atoms with Gasteiger partial charge in [-0.25, -0.2) is 0 Å². The highest BCUT2D eigenvalue weighted by Gasteiger charge is 2.42. The molecule has 3 heterocycles. The molecule has 4 aliphatic rings. The van der Waals surface area contributed by atoms with Crippen molar-refractivity contribution in [1.29, 1.82) is 0 Å². The van der Waals surface area contributed by atoms with Gasteiger partial charge in [0, 0.05) is 38.1 Å². The van der Waals surface area contributed by atoms with Crippen LogP contribution in [0.15, 0.2) is 0 Å². The summed E-state index contributed by atoms with van der Waals surface area (Å²) in [6, 6.07) is 1.20. The Morgan fingerprint density at radius 2 is 1.86 bits per heavy atom. The summed E-state index contributed by atoms with van der Waals surface area (Å²) in [5.41, 5.74) is 0. The molecule has 6 heteroatoms. The minimum atomic E-state index is -0.0338. The van der Waals surface area contributed by atoms with Crippen molar-refractivity contribution < 1.29 is 4.79 Å². The van der Waals surface area contributed by atoms with Crippen LogP contribution in [-0.4, -0.2) is 50.7 Å². The Hall–Kier alpha value is -1.43. The highest BCUT2D eigenvalue weighted by molar-refractivity contribution is 5.91. The molecule has 0 aromatic carbocycles. The Balaban J connectivity index is 1.33. The Bertz CT molecular complexity index is 604. The lowest BCUT2D eigenvalue weighted by molar-refractivity contribution is 0.0932. The van der Waals surface area contributed by atoms with E-state index in [4.69, 9.17) is 0 Å². The molecule has 1 amide bonds. The fourth-order valence-corrected chi connectivity index (χ4v) is 4.26. The second-order valence-corrected chi connectivity index (χ2v) is 7.56. The predicted octanol–water partition coefficient (Wildman–Crippen LogP) is 0.827. The molecule has 118 valence electrons. The molecule has 0 bridgehead atoms. The summed E-state index contributed by atoms with van der Waals surface area (Å²) in [5.74, 6) is 2.88. The average molecular weight is 301 g/mol. The van der Waals surface area contributed by atoms with Crippen LogP contribution in [0.5, 0.6) is 0 Å². The standard InChI is InChI=1S/C16H23N5O/c22-16(17-12-4-5-12)15-19-18-14-6-10-7-20(13-2-1-3-13)8-11(10)9-21(14)15/h10-13H,1-9H2,(H,17,22)/t10-,11+/m0/s1. The first-order valence-electron chi connectivity index (χ1n) is 8.75. The second-order valence-electron chi connectivity index (χ2n) is 7.56. The molecule has 3 fully saturated rings. The molecule has 6 nitrogen and oxygen atoms in total. The van der Waals surface area contributed by atoms with Crippen molar-refractivity contribution in [2.45, 2.75) is 57.2 Å². The first kappa shape index (κ1) is 13.0. The summed E-state index contributed by atoms with van der Waals surface area (Å²) in [6.07, 6.45) is 7.34. The number of hydrogen-bond acceptors (Lipinski definition) is 4. The third-order valence-corrected chi connectivity index (χ3v) is 6.00. The summed E-state index contributed by atoms with van der Waals surface area (Å²) >= 11 is 0. The van der Waals surface area contributed by atoms with Crippen molar-refractivity contribution in [3.05, 3.63) is 11.6 Å². The maximum Gasteiger partial charge on any atom is 0.289 e. The summed E-state index contributed by atoms with van der Waals surface area (Å²) in [5, 5.41) is 11.5. The number of hydrogen-bond donors (Lipinski definition) is 1. The molecule has 1 aromatic heterocycles. The van der Waals surface area contributed by atoms with Gasteiger partial charge in [0.25, 0.3) is 5.91 Å². The third kappa shape index (κ3) is 2.07. The molecule has 0 spiro atoms. The van der Waals surface area contributed by atoms with E-state index in [1.807, 2.05) is 0 Å². The predicted molar refractivity (Wildman–Crippen MR) is 80.4 cm³/mol. The fourth-order valence-electron chi connectivity index (χ4n) is 4.26. The summed E-state index contributed by atoms with van der Waals surface area (Å²) in [6.45, 7) is 3.33. The van der Waals surface area contributed by atoms with Gasteiger partial charge in [-0.3, -0.25) is 9.69 Å². The van der Waals surface area contributed by atoms with Crippen LogP contribution in [0.4, 0.5) is 0 Å². The van der Waals surface area contributed by atoms with Crippen LogP contribution in [0.1, 0.15) is 48.5 Å². The van der Waals surface area contributed by atoms with E-state index in [1.165, 1.54) is 32.4 Å². The number of amides is 1. The van der Waals surface area contributed by atoms with Crippen LogP contribution < -0.4 is 5.32 Å². The number of nitrogens with zero attached hydrogens (tertiary/aromatic N) is 4. The van der Waals surface area contributed by atoms with Crippen molar-refractivity contribution in [3.63, 3.8) is 0 Å². The monoisotopic (exact) mass is 301 g/mol. The Kier molecular flexibility index (Phi) is 2.84. The fraction of sp³-hybridized carbons (Fsp3) is 0.812. The smallest absolute Gasteiger partial charge is 0.289 e. The summed E-state index contributed by atoms with van der Waals surface area (Å²) in [7, 11) is 0. The summed E-state index contributed by atoms with van der Waals surface area (Å²) in [4.78, 5) is 15.0. The molecule has 1 saturated heterocycles. The number of nitrogens with one attached hydrogen (secondary N) is 1. The molecule has 2 aliphatic carbocycles. The number of aromatic nitrogens is 3. The van der Waals surface area contributed by atoms with Gasteiger partial charge in [0.15, 0.2) is 0 Å². The van der Waals surface area contributed by atoms with Crippen molar-refractivity contribution in [2.75, 3.05) is 13.1 Å². The van der Waals surface area contributed by atoms with E-state index in [9.17, 15) is 4.79 Å². The van der Waals surface area contributed by atoms with E-state index in [0.717, 1.165) is 37.7 Å². The van der Waals surface area contributed by atoms with E-state index in [0.29, 0.717) is 23.7 Å². The first-order valence-corrected chi connectivity index (χ1v) is 8.75. The SMILES string of the molecule is O=C(NC1CC1)c1nnc2n1C[C@H]1CN(C3CCC3)C[C@@H]1C2. The van der Waals surface area contributed by atoms with Gasteiger partial charge in [0.2, 0.25) is 5.82 Å². The van der Waals surface area contributed by atoms with Gasteiger partial charge in [-0.1, -0.05) is 6.42 Å². The van der Waals surface area contributed by atoms with Crippen molar-refractivity contribution in [1.82, 2.24) is 25.0 Å². The molecule has 0 unspecified atom stereocenters. The average Bonchev–Trinajstić information content (AvgIpc) is 3.01. The van der Waals surface area contributed by atoms with E-state index in [2.05, 4.69) is 25.0 Å². The molecule has 2 atom stereocenters. The van der Waals surface area contributed by atoms with Gasteiger partial charge in [0.1, 0.15) is 5.82 Å². The first-order chi connectivity index (χ1) is 10.8. The minimum absolute atomic E-state index is 0.0338. The van der Waals surface area contributed by atoms with E-state index in [1.54, 1.807) is 0 Å². The van der Waals surface area contributed by atoms with Crippen LogP contribution in [0.2, 0.25) is 0 Å². The van der Waals surface area contributed by atoms with Crippen LogP contribution in [0.3, 0.4) is 0 Å². The van der Waals surface area contributed by atoms with Gasteiger partial charge in [-0.2, -0.15) is 0 Å². The minimum Gasteiger partial charge on any atom is -0.347 e. The highest BCUT2D eigenvalue weighted by atomic mass is 16.2. The van der Waals surface area contributed by atoms with E-state index < -0.39 is 0 Å². The number of likely N-dealkylation sites (tertiary alicyclic amines) is 1. The Morgan fingerprint density at radius 1 is 1.05 bits per heavy atom. The molecule has 2 saturated carbocycles. The molecular formula is C16H23N5O. The zero-order valence-electron chi connectivity index (χ0n) is 12.9. The van der Waals surface area contributed by atoms with Crippen LogP contribution in [-0.2, 0) is 13.0 Å². The van der Waals surface area contributed by atoms with E-state index >= 15 is 0 Å². The lowest BCUT2D eigenvalue weighted by Crippen LogP contribution is -2.38. The summed E-state index contributed by atoms with van der Waals surface area (Å²) < 4.78 is 2.09. The Labute approximate surface area is 130 Å². The zero-order valence-corrected chi connectivity index (χ0v) is 12.9. The Morgan fingerprint density at radius 3 is 2.59 bits per heavy atom. The molecule has 0 radical (unpaired) electrons. The van der Waals surface area contributed by atoms with Gasteiger partial charge in [-0.05, 0) is 37.5 Å². The van der Waals surface area contributed by atoms with Crippen molar-refractivity contribution in [3.8, 4) is 0 Å². The maximum atomic E-state index is 12.3. The highest BCUT2D eigenvalue weighted by Crippen LogP contribution is 2.37. The second kappa shape index (κ2) is 4.78. The van der Waals surface area contributed by atoms with E-state index in [-0.39, 0.29) is 5.91 Å². The lowest BCUT2D eigenvalue weighted by Gasteiger charge is -2.34. The van der Waals surface area contributed by atoms with Crippen molar-refractivity contribution >= 4 is 5.91 Å². The van der Waals surface area contributed by atoms with Crippen molar-refractivity contribution in [2.24, 2.45) is 11.8 Å². The van der Waals surface area contributed by atoms with Gasteiger partial charge >= 0.3 is 0 Å². The van der Waals surface area contributed by atoms with Gasteiger partial charge in [0.05, 0.1) is 0 Å². The molecular weight excluding hydrogens is 278 g/mol. The number of carbonyl (C=O) groups is 1. The molecule has 2 aliphatic heterocycles. The van der Waals surface area contributed by atoms with Gasteiger partial charge < -0.3 is 9.88 Å². The normalized spacial score (nSPS) is 31.5. The number of carbonyl (C=O) groups excluding carboxylic acids is 1. The molecule has 22 heavy (non-hydrogen) atoms. The number of fused-ring (bicyclic) bond motifs is 2. The maximum absolute atomic E-state index is 12.3. The molecule has 1 N–H and O–H groups in total. The molecule has 1 aromatic rings. The van der Waals surface area contributed by atoms with Gasteiger partial charge in [-0.15, -0.1) is 10.2 Å². The number of rotatable bonds is 3. The van der Waals surface area contributed by atoms with Crippen LogP contribution in [0.25, 0.3) is 0 Å². The molecule has 5 rings (SSSR count). The largest absolute Gasteiger partial charge is 0.347 e. The third-order valence-electron chi connectivity index (χ3n) is 6.00. The quantitative estimate of drug-likeness (QED) is 0.898.